The van der Waals surface area contributed by atoms with Crippen molar-refractivity contribution in [3.05, 3.63) is 44.9 Å². The number of amides is 1. The lowest BCUT2D eigenvalue weighted by Crippen LogP contribution is -2.42. The maximum absolute atomic E-state index is 12.9. The Morgan fingerprint density at radius 3 is 2.74 bits per heavy atom. The van der Waals surface area contributed by atoms with Crippen molar-refractivity contribution in [1.82, 2.24) is 10.3 Å². The van der Waals surface area contributed by atoms with E-state index in [1.54, 1.807) is 12.3 Å². The molecule has 1 saturated carbocycles. The normalized spacial score (nSPS) is 16.4. The fourth-order valence-corrected chi connectivity index (χ4v) is 5.08. The van der Waals surface area contributed by atoms with Crippen molar-refractivity contribution in [3.8, 4) is 0 Å². The Morgan fingerprint density at radius 1 is 1.29 bits per heavy atom. The van der Waals surface area contributed by atoms with Crippen LogP contribution >= 0.6 is 22.9 Å². The summed E-state index contributed by atoms with van der Waals surface area (Å²) in [7, 11) is 1.37. The van der Waals surface area contributed by atoms with E-state index in [0.29, 0.717) is 22.2 Å². The maximum atomic E-state index is 12.9. The van der Waals surface area contributed by atoms with Gasteiger partial charge in [-0.15, -0.1) is 11.3 Å². The third-order valence-corrected chi connectivity index (χ3v) is 7.26. The smallest absolute Gasteiger partial charge is 0.328 e. The van der Waals surface area contributed by atoms with E-state index in [-0.39, 0.29) is 17.9 Å². The predicted octanol–water partition coefficient (Wildman–Crippen LogP) is 5.52. The third kappa shape index (κ3) is 6.43. The maximum Gasteiger partial charge on any atom is 0.328 e. The molecule has 2 N–H and O–H groups in total. The van der Waals surface area contributed by atoms with Crippen molar-refractivity contribution in [2.75, 3.05) is 12.4 Å². The van der Waals surface area contributed by atoms with E-state index in [1.807, 2.05) is 26.0 Å². The van der Waals surface area contributed by atoms with Gasteiger partial charge in [0, 0.05) is 11.1 Å². The van der Waals surface area contributed by atoms with E-state index in [1.165, 1.54) is 37.7 Å². The summed E-state index contributed by atoms with van der Waals surface area (Å²) in [6.07, 6.45) is 8.09. The Kier molecular flexibility index (Phi) is 8.32. The van der Waals surface area contributed by atoms with Crippen LogP contribution < -0.4 is 10.6 Å². The molecule has 0 spiro atoms. The van der Waals surface area contributed by atoms with Crippen LogP contribution in [0.4, 0.5) is 5.69 Å². The molecule has 2 atom stereocenters. The molecule has 0 aromatic carbocycles. The van der Waals surface area contributed by atoms with Gasteiger partial charge in [0.25, 0.3) is 5.91 Å². The van der Waals surface area contributed by atoms with E-state index >= 15 is 0 Å². The van der Waals surface area contributed by atoms with Crippen LogP contribution in [0.3, 0.4) is 0 Å². The Bertz CT molecular complexity index is 911. The minimum Gasteiger partial charge on any atom is -0.467 e. The molecule has 3 rings (SSSR count). The average Bonchev–Trinajstić information content (AvgIpc) is 3.26. The lowest BCUT2D eigenvalue weighted by molar-refractivity contribution is -0.143. The van der Waals surface area contributed by atoms with Crippen LogP contribution in [0.15, 0.2) is 24.4 Å². The van der Waals surface area contributed by atoms with Crippen LogP contribution in [0, 0.1) is 12.8 Å². The highest BCUT2D eigenvalue weighted by Crippen LogP contribution is 2.30. The molecule has 1 fully saturated rings. The molecule has 31 heavy (non-hydrogen) atoms. The second-order valence-corrected chi connectivity index (χ2v) is 9.70. The Morgan fingerprint density at radius 2 is 2.03 bits per heavy atom. The number of aromatic nitrogens is 1. The topological polar surface area (TPSA) is 80.3 Å². The van der Waals surface area contributed by atoms with Crippen LogP contribution in [0.2, 0.25) is 5.02 Å². The third-order valence-electron chi connectivity index (χ3n) is 5.79. The number of thiophene rings is 1. The largest absolute Gasteiger partial charge is 0.467 e. The number of hydrogen-bond donors (Lipinski definition) is 2. The number of hydrogen-bond acceptors (Lipinski definition) is 6. The van der Waals surface area contributed by atoms with Gasteiger partial charge in [0.05, 0.1) is 34.4 Å². The molecular formula is C23H30ClN3O3S. The molecule has 1 amide bonds. The summed E-state index contributed by atoms with van der Waals surface area (Å²) >= 11 is 7.46. The number of esters is 1. The van der Waals surface area contributed by atoms with Crippen molar-refractivity contribution >= 4 is 40.5 Å². The molecule has 0 unspecified atom stereocenters. The molecule has 2 heterocycles. The molecule has 6 nitrogen and oxygen atoms in total. The second-order valence-electron chi connectivity index (χ2n) is 8.14. The Hall–Kier alpha value is -2.12. The van der Waals surface area contributed by atoms with Gasteiger partial charge >= 0.3 is 5.97 Å². The van der Waals surface area contributed by atoms with Crippen LogP contribution in [-0.2, 0) is 9.53 Å². The number of carbonyl (C=O) groups excluding carboxylic acids is 2. The highest BCUT2D eigenvalue weighted by Gasteiger charge is 2.27. The molecule has 1 aliphatic carbocycles. The summed E-state index contributed by atoms with van der Waals surface area (Å²) < 4.78 is 4.94. The summed E-state index contributed by atoms with van der Waals surface area (Å²) in [6, 6.07) is 4.93. The van der Waals surface area contributed by atoms with Crippen LogP contribution in [0.1, 0.15) is 71.7 Å². The number of nitrogens with zero attached hydrogens (tertiary/aromatic N) is 1. The quantitative estimate of drug-likeness (QED) is 0.504. The van der Waals surface area contributed by atoms with Crippen LogP contribution in [0.5, 0.6) is 0 Å². The zero-order chi connectivity index (χ0) is 22.4. The van der Waals surface area contributed by atoms with Gasteiger partial charge < -0.3 is 15.4 Å². The predicted molar refractivity (Wildman–Crippen MR) is 125 cm³/mol. The van der Waals surface area contributed by atoms with E-state index in [9.17, 15) is 9.59 Å². The molecule has 0 saturated heterocycles. The van der Waals surface area contributed by atoms with Gasteiger partial charge in [-0.05, 0) is 44.4 Å². The molecule has 0 aliphatic heterocycles. The van der Waals surface area contributed by atoms with Gasteiger partial charge in [-0.3, -0.25) is 9.78 Å². The number of aryl methyl sites for hydroxylation is 1. The lowest BCUT2D eigenvalue weighted by atomic mass is 9.85. The number of nitrogens with one attached hydrogen (secondary N) is 2. The number of pyridine rings is 1. The minimum atomic E-state index is -0.609. The lowest BCUT2D eigenvalue weighted by Gasteiger charge is -2.25. The van der Waals surface area contributed by atoms with Crippen molar-refractivity contribution in [2.24, 2.45) is 5.92 Å². The summed E-state index contributed by atoms with van der Waals surface area (Å²) in [6.45, 7) is 3.94. The fourth-order valence-electron chi connectivity index (χ4n) is 4.01. The summed E-state index contributed by atoms with van der Waals surface area (Å²) in [5.41, 5.74) is 1.71. The molecule has 8 heteroatoms. The van der Waals surface area contributed by atoms with Gasteiger partial charge in [0.1, 0.15) is 6.04 Å². The first-order valence-corrected chi connectivity index (χ1v) is 11.9. The van der Waals surface area contributed by atoms with Crippen molar-refractivity contribution in [1.29, 1.82) is 0 Å². The Labute approximate surface area is 192 Å². The van der Waals surface area contributed by atoms with Gasteiger partial charge in [-0.25, -0.2) is 4.79 Å². The number of anilines is 1. The van der Waals surface area contributed by atoms with Crippen molar-refractivity contribution < 1.29 is 14.3 Å². The van der Waals surface area contributed by atoms with Crippen molar-refractivity contribution in [3.63, 3.8) is 0 Å². The molecule has 2 aromatic heterocycles. The monoisotopic (exact) mass is 463 g/mol. The van der Waals surface area contributed by atoms with Gasteiger partial charge in [0.2, 0.25) is 0 Å². The molecular weight excluding hydrogens is 434 g/mol. The summed E-state index contributed by atoms with van der Waals surface area (Å²) in [4.78, 5) is 31.0. The van der Waals surface area contributed by atoms with Crippen LogP contribution in [0.25, 0.3) is 0 Å². The van der Waals surface area contributed by atoms with Gasteiger partial charge in [-0.2, -0.15) is 0 Å². The molecule has 0 radical (unpaired) electrons. The first-order valence-electron chi connectivity index (χ1n) is 10.7. The standard InChI is InChI=1S/C23H30ClN3O3S/c1-14-18(12-17(24)13-25-14)26-15(2)20-9-10-21(31-20)22(28)27-19(23(29)30-3)11-16-7-5-4-6-8-16/h9-10,12-13,15-16,19,26H,4-8,11H2,1-3H3,(H,27,28)/t15-,19-/m0/s1. The number of halogens is 1. The van der Waals surface area contributed by atoms with E-state index in [4.69, 9.17) is 16.3 Å². The van der Waals surface area contributed by atoms with Crippen molar-refractivity contribution in [2.45, 2.75) is 64.5 Å². The zero-order valence-electron chi connectivity index (χ0n) is 18.2. The molecule has 0 bridgehead atoms. The number of methoxy groups -OCH3 is 1. The highest BCUT2D eigenvalue weighted by atomic mass is 35.5. The average molecular weight is 464 g/mol. The van der Waals surface area contributed by atoms with E-state index in [0.717, 1.165) is 29.1 Å². The Balaban J connectivity index is 1.64. The first kappa shape index (κ1) is 23.5. The minimum absolute atomic E-state index is 0.0239. The molecule has 168 valence electrons. The number of ether oxygens (including phenoxy) is 1. The molecule has 2 aromatic rings. The van der Waals surface area contributed by atoms with Gasteiger partial charge in [-0.1, -0.05) is 43.7 Å². The van der Waals surface area contributed by atoms with E-state index in [2.05, 4.69) is 15.6 Å². The number of rotatable bonds is 8. The molecule has 1 aliphatic rings. The second kappa shape index (κ2) is 11.0. The van der Waals surface area contributed by atoms with Gasteiger partial charge in [0.15, 0.2) is 0 Å². The highest BCUT2D eigenvalue weighted by molar-refractivity contribution is 7.14. The number of carbonyl (C=O) groups is 2. The summed E-state index contributed by atoms with van der Waals surface area (Å²) in [5.74, 6) is -0.166. The zero-order valence-corrected chi connectivity index (χ0v) is 19.8. The fraction of sp³-hybridized carbons (Fsp3) is 0.522. The first-order chi connectivity index (χ1) is 14.9. The van der Waals surface area contributed by atoms with E-state index < -0.39 is 6.04 Å². The SMILES string of the molecule is COC(=O)[C@H](CC1CCCCC1)NC(=O)c1ccc([C@H](C)Nc2cc(Cl)cnc2C)s1. The van der Waals surface area contributed by atoms with Crippen LogP contribution in [-0.4, -0.2) is 30.0 Å². The summed E-state index contributed by atoms with van der Waals surface area (Å²) in [5, 5.41) is 6.87.